The van der Waals surface area contributed by atoms with Crippen molar-refractivity contribution >= 4 is 22.4 Å². The number of hydrogen-bond donors (Lipinski definition) is 1. The first-order valence-electron chi connectivity index (χ1n) is 11.3. The topological polar surface area (TPSA) is 108 Å². The van der Waals surface area contributed by atoms with Gasteiger partial charge in [0.25, 0.3) is 12.3 Å². The van der Waals surface area contributed by atoms with Gasteiger partial charge < -0.3 is 4.74 Å². The number of methoxy groups -OCH3 is 1. The Bertz CT molecular complexity index is 1550. The molecule has 0 spiro atoms. The molecule has 0 aromatic carbocycles. The first-order valence-corrected chi connectivity index (χ1v) is 12.1. The number of carbonyl (C=O) groups excluding carboxylic acids is 1. The lowest BCUT2D eigenvalue weighted by Crippen LogP contribution is -2.14. The first-order chi connectivity index (χ1) is 17.8. The van der Waals surface area contributed by atoms with Gasteiger partial charge in [0.05, 0.1) is 24.6 Å². The number of pyridine rings is 2. The van der Waals surface area contributed by atoms with Gasteiger partial charge in [-0.1, -0.05) is 17.3 Å². The van der Waals surface area contributed by atoms with Crippen molar-refractivity contribution in [2.45, 2.75) is 26.2 Å². The molecule has 1 aliphatic carbocycles. The van der Waals surface area contributed by atoms with Gasteiger partial charge in [-0.15, -0.1) is 10.2 Å². The summed E-state index contributed by atoms with van der Waals surface area (Å²) in [6, 6.07) is 2.84. The maximum atomic E-state index is 13.5. The summed E-state index contributed by atoms with van der Waals surface area (Å²) in [5, 5.41) is 15.9. The molecule has 0 aliphatic heterocycles. The molecular formula is C25H21F2N7O2S. The van der Waals surface area contributed by atoms with Crippen molar-refractivity contribution in [3.8, 4) is 40.1 Å². The Morgan fingerprint density at radius 1 is 1.22 bits per heavy atom. The summed E-state index contributed by atoms with van der Waals surface area (Å²) >= 11 is 1.15. The zero-order chi connectivity index (χ0) is 26.1. The number of halogens is 2. The van der Waals surface area contributed by atoms with E-state index in [4.69, 9.17) is 4.74 Å². The lowest BCUT2D eigenvalue weighted by atomic mass is 9.98. The first kappa shape index (κ1) is 24.5. The number of aromatic nitrogens is 6. The predicted octanol–water partition coefficient (Wildman–Crippen LogP) is 4.66. The summed E-state index contributed by atoms with van der Waals surface area (Å²) in [7, 11) is 3.18. The molecule has 5 rings (SSSR count). The number of nitrogens with one attached hydrogen (secondary N) is 1. The molecule has 1 amide bonds. The van der Waals surface area contributed by atoms with Gasteiger partial charge in [0.2, 0.25) is 5.13 Å². The quantitative estimate of drug-likeness (QED) is 0.368. The van der Waals surface area contributed by atoms with E-state index in [0.717, 1.165) is 29.7 Å². The van der Waals surface area contributed by atoms with Crippen molar-refractivity contribution in [1.82, 2.24) is 29.9 Å². The molecule has 4 aromatic rings. The summed E-state index contributed by atoms with van der Waals surface area (Å²) in [5.41, 5.74) is 2.20. The molecule has 188 valence electrons. The molecule has 0 atom stereocenters. The lowest BCUT2D eigenvalue weighted by Gasteiger charge is -2.14. The normalized spacial score (nSPS) is 12.8. The fourth-order valence-corrected chi connectivity index (χ4v) is 4.28. The van der Waals surface area contributed by atoms with Crippen LogP contribution in [0.1, 0.15) is 45.9 Å². The second-order valence-electron chi connectivity index (χ2n) is 8.47. The van der Waals surface area contributed by atoms with Crippen LogP contribution in [0.15, 0.2) is 30.7 Å². The van der Waals surface area contributed by atoms with Crippen LogP contribution in [0.5, 0.6) is 5.75 Å². The number of alkyl halides is 2. The van der Waals surface area contributed by atoms with Crippen LogP contribution in [0.2, 0.25) is 0 Å². The molecule has 0 radical (unpaired) electrons. The predicted molar refractivity (Wildman–Crippen MR) is 133 cm³/mol. The Kier molecular flexibility index (Phi) is 6.62. The number of ether oxygens (including phenoxy) is 1. The summed E-state index contributed by atoms with van der Waals surface area (Å²) < 4.78 is 34.1. The number of anilines is 1. The minimum atomic E-state index is -2.81. The van der Waals surface area contributed by atoms with Crippen LogP contribution in [0.3, 0.4) is 0 Å². The molecule has 1 fully saturated rings. The zero-order valence-electron chi connectivity index (χ0n) is 20.1. The zero-order valence-corrected chi connectivity index (χ0v) is 20.9. The maximum absolute atomic E-state index is 13.5. The average molecular weight is 522 g/mol. The van der Waals surface area contributed by atoms with Gasteiger partial charge in [-0.3, -0.25) is 24.8 Å². The van der Waals surface area contributed by atoms with Crippen LogP contribution < -0.4 is 10.1 Å². The van der Waals surface area contributed by atoms with Crippen LogP contribution >= 0.6 is 11.3 Å². The summed E-state index contributed by atoms with van der Waals surface area (Å²) in [4.78, 5) is 21.6. The molecule has 1 N–H and O–H groups in total. The molecule has 4 heterocycles. The Morgan fingerprint density at radius 3 is 2.70 bits per heavy atom. The van der Waals surface area contributed by atoms with Gasteiger partial charge in [-0.25, -0.2) is 8.78 Å². The minimum Gasteiger partial charge on any atom is -0.494 e. The van der Waals surface area contributed by atoms with Gasteiger partial charge in [0.15, 0.2) is 5.01 Å². The van der Waals surface area contributed by atoms with E-state index in [9.17, 15) is 13.6 Å². The molecule has 9 nitrogen and oxygen atoms in total. The highest BCUT2D eigenvalue weighted by atomic mass is 32.1. The van der Waals surface area contributed by atoms with Gasteiger partial charge in [0, 0.05) is 36.5 Å². The highest BCUT2D eigenvalue weighted by Gasteiger charge is 2.23. The number of rotatable bonds is 6. The standard InChI is InChI=1S/C25H21F2N7O2S/c1-13-12-34(2)33-22(13)18-8-15(16-9-19(23(26)27)29-11-20(16)36-3)17(10-28-18)24(35)30-25-32-31-21(37-25)7-6-14-4-5-14/h8-12,14,23H,4-5H2,1-3H3,(H,30,32,35). The number of nitrogens with zero attached hydrogens (tertiary/aromatic N) is 6. The second kappa shape index (κ2) is 10.0. The van der Waals surface area contributed by atoms with Crippen LogP contribution in [-0.4, -0.2) is 43.0 Å². The monoisotopic (exact) mass is 521 g/mol. The molecule has 1 aliphatic rings. The number of aryl methyl sites for hydroxylation is 2. The van der Waals surface area contributed by atoms with Crippen molar-refractivity contribution in [3.63, 3.8) is 0 Å². The SMILES string of the molecule is COc1cnc(C(F)F)cc1-c1cc(-c2nn(C)cc2C)ncc1C(=O)Nc1nnc(C#CC2CC2)s1. The van der Waals surface area contributed by atoms with Crippen molar-refractivity contribution in [2.75, 3.05) is 12.4 Å². The largest absolute Gasteiger partial charge is 0.494 e. The summed E-state index contributed by atoms with van der Waals surface area (Å²) in [6.45, 7) is 1.88. The highest BCUT2D eigenvalue weighted by Crippen LogP contribution is 2.37. The van der Waals surface area contributed by atoms with E-state index in [1.807, 2.05) is 13.1 Å². The molecule has 0 saturated heterocycles. The van der Waals surface area contributed by atoms with E-state index in [2.05, 4.69) is 42.4 Å². The second-order valence-corrected chi connectivity index (χ2v) is 9.45. The fourth-order valence-electron chi connectivity index (χ4n) is 3.68. The molecule has 37 heavy (non-hydrogen) atoms. The number of hydrogen-bond acceptors (Lipinski definition) is 8. The van der Waals surface area contributed by atoms with Crippen molar-refractivity contribution < 1.29 is 18.3 Å². The van der Waals surface area contributed by atoms with Gasteiger partial charge in [-0.05, 0) is 43.4 Å². The lowest BCUT2D eigenvalue weighted by molar-refractivity contribution is 0.102. The molecule has 4 aromatic heterocycles. The van der Waals surface area contributed by atoms with Gasteiger partial charge in [0.1, 0.15) is 17.1 Å². The smallest absolute Gasteiger partial charge is 0.280 e. The van der Waals surface area contributed by atoms with E-state index < -0.39 is 18.0 Å². The van der Waals surface area contributed by atoms with E-state index in [1.165, 1.54) is 25.6 Å². The number of amides is 1. The van der Waals surface area contributed by atoms with E-state index in [-0.39, 0.29) is 22.0 Å². The minimum absolute atomic E-state index is 0.128. The third kappa shape index (κ3) is 5.31. The fraction of sp³-hybridized carbons (Fsp3) is 0.280. The Morgan fingerprint density at radius 2 is 2.03 bits per heavy atom. The van der Waals surface area contributed by atoms with Crippen LogP contribution in [0, 0.1) is 24.7 Å². The molecule has 1 saturated carbocycles. The van der Waals surface area contributed by atoms with Crippen molar-refractivity contribution in [2.24, 2.45) is 13.0 Å². The maximum Gasteiger partial charge on any atom is 0.280 e. The Balaban J connectivity index is 1.57. The van der Waals surface area contributed by atoms with Gasteiger partial charge >= 0.3 is 0 Å². The van der Waals surface area contributed by atoms with E-state index >= 15 is 0 Å². The summed E-state index contributed by atoms with van der Waals surface area (Å²) in [5.74, 6) is 6.17. The average Bonchev–Trinajstić information content (AvgIpc) is 3.51. The third-order valence-corrected chi connectivity index (χ3v) is 6.39. The van der Waals surface area contributed by atoms with Crippen LogP contribution in [0.25, 0.3) is 22.5 Å². The molecular weight excluding hydrogens is 500 g/mol. The van der Waals surface area contributed by atoms with Crippen molar-refractivity contribution in [3.05, 3.63) is 52.6 Å². The molecule has 0 unspecified atom stereocenters. The van der Waals surface area contributed by atoms with Gasteiger partial charge in [-0.2, -0.15) is 5.10 Å². The van der Waals surface area contributed by atoms with E-state index in [0.29, 0.717) is 27.9 Å². The highest BCUT2D eigenvalue weighted by molar-refractivity contribution is 7.15. The third-order valence-electron chi connectivity index (χ3n) is 5.63. The van der Waals surface area contributed by atoms with Crippen LogP contribution in [0.4, 0.5) is 13.9 Å². The summed E-state index contributed by atoms with van der Waals surface area (Å²) in [6.07, 6.45) is 3.79. The van der Waals surface area contributed by atoms with Crippen molar-refractivity contribution in [1.29, 1.82) is 0 Å². The Hall–Kier alpha value is -4.24. The van der Waals surface area contributed by atoms with Crippen LogP contribution in [-0.2, 0) is 7.05 Å². The molecule has 0 bridgehead atoms. The van der Waals surface area contributed by atoms with E-state index in [1.54, 1.807) is 17.8 Å². The number of carbonyl (C=O) groups is 1. The molecule has 12 heteroatoms. The Labute approximate surface area is 214 Å².